The van der Waals surface area contributed by atoms with Gasteiger partial charge in [0.05, 0.1) is 10.7 Å². The number of carbonyl (C=O) groups excluding carboxylic acids is 2. The number of amides is 2. The Morgan fingerprint density at radius 3 is 2.14 bits per heavy atom. The van der Waals surface area contributed by atoms with Crippen molar-refractivity contribution >= 4 is 57.4 Å². The topological polar surface area (TPSA) is 79.5 Å². The minimum absolute atomic E-state index is 0.149. The molecule has 28 heavy (non-hydrogen) atoms. The van der Waals surface area contributed by atoms with E-state index in [4.69, 9.17) is 17.0 Å². The van der Waals surface area contributed by atoms with Crippen LogP contribution in [0.5, 0.6) is 5.75 Å². The Labute approximate surface area is 183 Å². The summed E-state index contributed by atoms with van der Waals surface area (Å²) < 4.78 is 6.02. The van der Waals surface area contributed by atoms with Gasteiger partial charge in [-0.1, -0.05) is 0 Å². The molecule has 0 radical (unpaired) electrons. The van der Waals surface area contributed by atoms with Crippen molar-refractivity contribution in [3.05, 3.63) is 57.2 Å². The van der Waals surface area contributed by atoms with Crippen molar-refractivity contribution < 1.29 is 14.3 Å². The van der Waals surface area contributed by atoms with E-state index in [1.165, 1.54) is 0 Å². The number of nitrogens with one attached hydrogen (secondary N) is 3. The van der Waals surface area contributed by atoms with Crippen LogP contribution in [0, 0.1) is 3.57 Å². The van der Waals surface area contributed by atoms with E-state index in [0.717, 1.165) is 3.57 Å². The second kappa shape index (κ2) is 9.33. The summed E-state index contributed by atoms with van der Waals surface area (Å²) in [6.07, 6.45) is 0. The Morgan fingerprint density at radius 1 is 1.00 bits per heavy atom. The second-order valence-corrected chi connectivity index (χ2v) is 8.61. The SMILES string of the molecule is COc1ccc(C(=O)NC(=S)Nc2ccc(C(=O)NC(C)(C)C)cc2)cc1I. The largest absolute Gasteiger partial charge is 0.496 e. The molecule has 0 unspecified atom stereocenters. The third-order valence-electron chi connectivity index (χ3n) is 3.53. The monoisotopic (exact) mass is 511 g/mol. The molecule has 6 nitrogen and oxygen atoms in total. The Morgan fingerprint density at radius 2 is 1.61 bits per heavy atom. The molecule has 0 aliphatic carbocycles. The second-order valence-electron chi connectivity index (χ2n) is 7.04. The molecule has 0 aromatic heterocycles. The highest BCUT2D eigenvalue weighted by Crippen LogP contribution is 2.21. The predicted molar refractivity (Wildman–Crippen MR) is 123 cm³/mol. The lowest BCUT2D eigenvalue weighted by Gasteiger charge is -2.20. The van der Waals surface area contributed by atoms with Gasteiger partial charge in [-0.25, -0.2) is 0 Å². The first kappa shape index (κ1) is 22.1. The molecule has 2 amide bonds. The number of hydrogen-bond donors (Lipinski definition) is 3. The minimum atomic E-state index is -0.320. The van der Waals surface area contributed by atoms with Crippen LogP contribution in [0.2, 0.25) is 0 Å². The number of hydrogen-bond acceptors (Lipinski definition) is 4. The Hall–Kier alpha value is -2.20. The molecule has 2 aromatic rings. The molecule has 0 saturated heterocycles. The average Bonchev–Trinajstić information content (AvgIpc) is 2.60. The van der Waals surface area contributed by atoms with Crippen LogP contribution >= 0.6 is 34.8 Å². The van der Waals surface area contributed by atoms with Crippen molar-refractivity contribution in [3.8, 4) is 5.75 Å². The Kier molecular flexibility index (Phi) is 7.36. The van der Waals surface area contributed by atoms with Crippen molar-refractivity contribution in [1.82, 2.24) is 10.6 Å². The Bertz CT molecular complexity index is 893. The van der Waals surface area contributed by atoms with Gasteiger partial charge in [-0.2, -0.15) is 0 Å². The highest BCUT2D eigenvalue weighted by Gasteiger charge is 2.15. The zero-order valence-electron chi connectivity index (χ0n) is 16.1. The van der Waals surface area contributed by atoms with Gasteiger partial charge in [-0.05, 0) is 98.0 Å². The molecule has 0 fully saturated rings. The minimum Gasteiger partial charge on any atom is -0.496 e. The predicted octanol–water partition coefficient (Wildman–Crippen LogP) is 3.95. The van der Waals surface area contributed by atoms with Crippen molar-refractivity contribution in [2.24, 2.45) is 0 Å². The molecule has 0 saturated carbocycles. The van der Waals surface area contributed by atoms with Crippen LogP contribution in [0.4, 0.5) is 5.69 Å². The van der Waals surface area contributed by atoms with Crippen LogP contribution in [0.1, 0.15) is 41.5 Å². The molecule has 0 bridgehead atoms. The van der Waals surface area contributed by atoms with E-state index < -0.39 is 0 Å². The van der Waals surface area contributed by atoms with Crippen LogP contribution in [-0.4, -0.2) is 29.6 Å². The lowest BCUT2D eigenvalue weighted by Crippen LogP contribution is -2.40. The maximum atomic E-state index is 12.3. The molecule has 0 aliphatic heterocycles. The summed E-state index contributed by atoms with van der Waals surface area (Å²) in [7, 11) is 1.58. The van der Waals surface area contributed by atoms with Crippen LogP contribution in [0.3, 0.4) is 0 Å². The first-order valence-electron chi connectivity index (χ1n) is 8.47. The van der Waals surface area contributed by atoms with E-state index in [-0.39, 0.29) is 22.5 Å². The number of halogens is 1. The third kappa shape index (κ3) is 6.45. The van der Waals surface area contributed by atoms with Crippen LogP contribution in [0.25, 0.3) is 0 Å². The molecular formula is C20H22IN3O3S. The summed E-state index contributed by atoms with van der Waals surface area (Å²) in [6.45, 7) is 5.77. The number of thiocarbonyl (C=S) groups is 1. The molecule has 3 N–H and O–H groups in total. The highest BCUT2D eigenvalue weighted by atomic mass is 127. The van der Waals surface area contributed by atoms with E-state index in [2.05, 4.69) is 38.5 Å². The molecular weight excluding hydrogens is 489 g/mol. The molecule has 0 aliphatic rings. The molecule has 2 rings (SSSR count). The van der Waals surface area contributed by atoms with E-state index in [1.54, 1.807) is 49.6 Å². The zero-order chi connectivity index (χ0) is 20.9. The number of carbonyl (C=O) groups is 2. The maximum Gasteiger partial charge on any atom is 0.257 e. The van der Waals surface area contributed by atoms with Gasteiger partial charge in [0.2, 0.25) is 0 Å². The van der Waals surface area contributed by atoms with Crippen LogP contribution in [0.15, 0.2) is 42.5 Å². The highest BCUT2D eigenvalue weighted by molar-refractivity contribution is 14.1. The fourth-order valence-corrected chi connectivity index (χ4v) is 3.21. The number of ether oxygens (including phenoxy) is 1. The molecule has 0 atom stereocenters. The quantitative estimate of drug-likeness (QED) is 0.428. The van der Waals surface area contributed by atoms with Gasteiger partial charge < -0.3 is 15.4 Å². The van der Waals surface area contributed by atoms with E-state index in [1.807, 2.05) is 20.8 Å². The van der Waals surface area contributed by atoms with Crippen molar-refractivity contribution in [2.75, 3.05) is 12.4 Å². The van der Waals surface area contributed by atoms with E-state index in [0.29, 0.717) is 22.6 Å². The van der Waals surface area contributed by atoms with Crippen molar-refractivity contribution in [1.29, 1.82) is 0 Å². The van der Waals surface area contributed by atoms with Crippen LogP contribution in [-0.2, 0) is 0 Å². The summed E-state index contributed by atoms with van der Waals surface area (Å²) >= 11 is 7.30. The molecule has 0 heterocycles. The van der Waals surface area contributed by atoms with Gasteiger partial charge in [-0.15, -0.1) is 0 Å². The zero-order valence-corrected chi connectivity index (χ0v) is 19.0. The molecule has 0 spiro atoms. The lowest BCUT2D eigenvalue weighted by molar-refractivity contribution is 0.0918. The standard InChI is InChI=1S/C20H22IN3O3S/c1-20(2,3)24-18(26)12-5-8-14(9-6-12)22-19(28)23-17(25)13-7-10-16(27-4)15(21)11-13/h5-11H,1-4H3,(H,24,26)(H2,22,23,25,28). The molecule has 8 heteroatoms. The summed E-state index contributed by atoms with van der Waals surface area (Å²) in [5, 5.41) is 8.64. The number of benzene rings is 2. The molecule has 2 aromatic carbocycles. The summed E-state index contributed by atoms with van der Waals surface area (Å²) in [5.41, 5.74) is 1.38. The first-order chi connectivity index (χ1) is 13.1. The summed E-state index contributed by atoms with van der Waals surface area (Å²) in [4.78, 5) is 24.5. The molecule has 148 valence electrons. The van der Waals surface area contributed by atoms with Gasteiger partial charge in [0.1, 0.15) is 5.75 Å². The average molecular weight is 511 g/mol. The fraction of sp³-hybridized carbons (Fsp3) is 0.250. The van der Waals surface area contributed by atoms with Gasteiger partial charge >= 0.3 is 0 Å². The normalized spacial score (nSPS) is 10.8. The number of anilines is 1. The van der Waals surface area contributed by atoms with Gasteiger partial charge in [0, 0.05) is 22.4 Å². The van der Waals surface area contributed by atoms with E-state index in [9.17, 15) is 9.59 Å². The van der Waals surface area contributed by atoms with Crippen LogP contribution < -0.4 is 20.7 Å². The third-order valence-corrected chi connectivity index (χ3v) is 4.58. The summed E-state index contributed by atoms with van der Waals surface area (Å²) in [6, 6.07) is 12.0. The van der Waals surface area contributed by atoms with Gasteiger partial charge in [0.15, 0.2) is 5.11 Å². The van der Waals surface area contributed by atoms with Crippen molar-refractivity contribution in [2.45, 2.75) is 26.3 Å². The smallest absolute Gasteiger partial charge is 0.257 e. The fourth-order valence-electron chi connectivity index (χ4n) is 2.26. The summed E-state index contributed by atoms with van der Waals surface area (Å²) in [5.74, 6) is 0.233. The maximum absolute atomic E-state index is 12.3. The Balaban J connectivity index is 1.96. The van der Waals surface area contributed by atoms with Crippen molar-refractivity contribution in [3.63, 3.8) is 0 Å². The number of methoxy groups -OCH3 is 1. The lowest BCUT2D eigenvalue weighted by atomic mass is 10.1. The number of rotatable bonds is 4. The van der Waals surface area contributed by atoms with E-state index >= 15 is 0 Å². The first-order valence-corrected chi connectivity index (χ1v) is 9.96. The van der Waals surface area contributed by atoms with Gasteiger partial charge in [-0.3, -0.25) is 14.9 Å². The van der Waals surface area contributed by atoms with Gasteiger partial charge in [0.25, 0.3) is 11.8 Å².